The maximum absolute atomic E-state index is 14.4. The van der Waals surface area contributed by atoms with Crippen LogP contribution in [0, 0.1) is 5.82 Å². The third-order valence-corrected chi connectivity index (χ3v) is 5.00. The monoisotopic (exact) mass is 412 g/mol. The Morgan fingerprint density at radius 2 is 1.69 bits per heavy atom. The van der Waals surface area contributed by atoms with Crippen LogP contribution in [0.15, 0.2) is 72.8 Å². The molecular formula is C22H18BrFO2. The van der Waals surface area contributed by atoms with Crippen LogP contribution in [0.4, 0.5) is 4.39 Å². The normalized spacial score (nSPS) is 11.9. The van der Waals surface area contributed by atoms with E-state index in [1.54, 1.807) is 30.3 Å². The van der Waals surface area contributed by atoms with Crippen LogP contribution in [0.3, 0.4) is 0 Å². The third-order valence-electron chi connectivity index (χ3n) is 4.39. The molecule has 0 aliphatic heterocycles. The van der Waals surface area contributed by atoms with Gasteiger partial charge in [-0.05, 0) is 29.7 Å². The molecule has 0 amide bonds. The van der Waals surface area contributed by atoms with Gasteiger partial charge in [-0.2, -0.15) is 0 Å². The van der Waals surface area contributed by atoms with E-state index in [9.17, 15) is 14.3 Å². The fourth-order valence-corrected chi connectivity index (χ4v) is 3.46. The summed E-state index contributed by atoms with van der Waals surface area (Å²) in [6.07, 6.45) is 0.390. The Bertz CT molecular complexity index is 909. The summed E-state index contributed by atoms with van der Waals surface area (Å²) in [6, 6.07) is 20.7. The first-order valence-electron chi connectivity index (χ1n) is 8.30. The predicted molar refractivity (Wildman–Crippen MR) is 104 cm³/mol. The number of carbonyl (C=O) groups is 1. The average molecular weight is 413 g/mol. The molecule has 0 aromatic heterocycles. The number of benzene rings is 3. The van der Waals surface area contributed by atoms with Gasteiger partial charge in [0.15, 0.2) is 5.78 Å². The van der Waals surface area contributed by atoms with E-state index in [0.717, 1.165) is 5.56 Å². The van der Waals surface area contributed by atoms with Gasteiger partial charge < -0.3 is 5.11 Å². The first-order valence-corrected chi connectivity index (χ1v) is 9.42. The molecule has 0 heterocycles. The van der Waals surface area contributed by atoms with Crippen molar-refractivity contribution >= 4 is 21.7 Å². The number of aromatic hydroxyl groups is 1. The fourth-order valence-electron chi connectivity index (χ4n) is 2.98. The van der Waals surface area contributed by atoms with Gasteiger partial charge >= 0.3 is 0 Å². The van der Waals surface area contributed by atoms with Gasteiger partial charge in [0.25, 0.3) is 0 Å². The molecule has 1 N–H and O–H groups in total. The number of phenols is 1. The van der Waals surface area contributed by atoms with Crippen molar-refractivity contribution in [2.75, 3.05) is 0 Å². The van der Waals surface area contributed by atoms with Crippen molar-refractivity contribution in [3.63, 3.8) is 0 Å². The van der Waals surface area contributed by atoms with Crippen molar-refractivity contribution in [2.45, 2.75) is 17.7 Å². The molecule has 0 bridgehead atoms. The van der Waals surface area contributed by atoms with Gasteiger partial charge in [-0.3, -0.25) is 4.79 Å². The molecule has 0 fully saturated rings. The molecule has 0 saturated heterocycles. The number of halogens is 2. The minimum atomic E-state index is -0.659. The van der Waals surface area contributed by atoms with Gasteiger partial charge in [0.2, 0.25) is 0 Å². The summed E-state index contributed by atoms with van der Waals surface area (Å²) in [5.74, 6) is -1.22. The van der Waals surface area contributed by atoms with Crippen LogP contribution in [-0.2, 0) is 11.8 Å². The Hall–Kier alpha value is -2.46. The lowest BCUT2D eigenvalue weighted by atomic mass is 9.85. The van der Waals surface area contributed by atoms with E-state index in [0.29, 0.717) is 28.4 Å². The van der Waals surface area contributed by atoms with Crippen LogP contribution in [0.25, 0.3) is 0 Å². The molecule has 26 heavy (non-hydrogen) atoms. The predicted octanol–water partition coefficient (Wildman–Crippen LogP) is 5.64. The summed E-state index contributed by atoms with van der Waals surface area (Å²) < 4.78 is 14.4. The van der Waals surface area contributed by atoms with Crippen molar-refractivity contribution in [2.24, 2.45) is 0 Å². The van der Waals surface area contributed by atoms with Gasteiger partial charge in [0, 0.05) is 16.5 Å². The van der Waals surface area contributed by atoms with E-state index >= 15 is 0 Å². The number of phenolic OH excluding ortho intramolecular Hbond substituents is 1. The second-order valence-corrected chi connectivity index (χ2v) is 6.67. The highest BCUT2D eigenvalue weighted by Gasteiger charge is 2.25. The van der Waals surface area contributed by atoms with Crippen LogP contribution in [0.2, 0.25) is 0 Å². The number of carbonyl (C=O) groups excluding carboxylic acids is 1. The molecule has 0 spiro atoms. The topological polar surface area (TPSA) is 37.3 Å². The lowest BCUT2D eigenvalue weighted by Gasteiger charge is -2.18. The van der Waals surface area contributed by atoms with Crippen LogP contribution in [0.1, 0.15) is 33.0 Å². The zero-order chi connectivity index (χ0) is 18.5. The molecule has 3 aromatic rings. The molecule has 0 saturated carbocycles. The van der Waals surface area contributed by atoms with Crippen molar-refractivity contribution < 1.29 is 14.3 Å². The number of ketones is 1. The minimum absolute atomic E-state index is 0.0553. The van der Waals surface area contributed by atoms with E-state index < -0.39 is 11.7 Å². The van der Waals surface area contributed by atoms with E-state index in [-0.39, 0.29) is 11.5 Å². The van der Waals surface area contributed by atoms with Gasteiger partial charge in [0.1, 0.15) is 11.6 Å². The molecule has 0 aliphatic carbocycles. The zero-order valence-corrected chi connectivity index (χ0v) is 15.6. The zero-order valence-electron chi connectivity index (χ0n) is 14.0. The fraction of sp³-hybridized carbons (Fsp3) is 0.136. The van der Waals surface area contributed by atoms with Gasteiger partial charge in [-0.15, -0.1) is 0 Å². The van der Waals surface area contributed by atoms with Crippen molar-refractivity contribution in [1.29, 1.82) is 0 Å². The molecular weight excluding hydrogens is 395 g/mol. The Morgan fingerprint density at radius 3 is 2.35 bits per heavy atom. The molecule has 132 valence electrons. The Kier molecular flexibility index (Phi) is 5.84. The number of alkyl halides is 1. The Labute approximate surface area is 160 Å². The van der Waals surface area contributed by atoms with Crippen LogP contribution in [0.5, 0.6) is 5.75 Å². The summed E-state index contributed by atoms with van der Waals surface area (Å²) in [5.41, 5.74) is 2.39. The molecule has 4 heteroatoms. The van der Waals surface area contributed by atoms with Gasteiger partial charge in [-0.1, -0.05) is 76.6 Å². The highest BCUT2D eigenvalue weighted by Crippen LogP contribution is 2.30. The van der Waals surface area contributed by atoms with Crippen molar-refractivity contribution in [1.82, 2.24) is 0 Å². The average Bonchev–Trinajstić information content (AvgIpc) is 2.67. The maximum Gasteiger partial charge on any atom is 0.170 e. The Balaban J connectivity index is 2.01. The molecule has 0 aliphatic rings. The lowest BCUT2D eigenvalue weighted by molar-refractivity contribution is 0.0956. The van der Waals surface area contributed by atoms with E-state index in [4.69, 9.17) is 0 Å². The number of rotatable bonds is 6. The number of Topliss-reactive ketones (excluding diaryl/α,β-unsaturated/α-hetero) is 1. The second kappa shape index (κ2) is 8.28. The SMILES string of the molecule is O=C(c1ccc(CBr)c(O)c1)C(Cc1ccccc1)c1ccccc1F. The van der Waals surface area contributed by atoms with Gasteiger partial charge in [-0.25, -0.2) is 4.39 Å². The van der Waals surface area contributed by atoms with E-state index in [2.05, 4.69) is 15.9 Å². The lowest BCUT2D eigenvalue weighted by Crippen LogP contribution is -2.17. The van der Waals surface area contributed by atoms with E-state index in [1.807, 2.05) is 30.3 Å². The van der Waals surface area contributed by atoms with Crippen molar-refractivity contribution in [3.8, 4) is 5.75 Å². The molecule has 1 atom stereocenters. The maximum atomic E-state index is 14.4. The van der Waals surface area contributed by atoms with E-state index in [1.165, 1.54) is 12.1 Å². The van der Waals surface area contributed by atoms with Crippen LogP contribution < -0.4 is 0 Å². The Morgan fingerprint density at radius 1 is 1.00 bits per heavy atom. The highest BCUT2D eigenvalue weighted by molar-refractivity contribution is 9.08. The molecule has 3 rings (SSSR count). The molecule has 2 nitrogen and oxygen atoms in total. The number of hydrogen-bond donors (Lipinski definition) is 1. The quantitative estimate of drug-likeness (QED) is 0.420. The summed E-state index contributed by atoms with van der Waals surface area (Å²) in [7, 11) is 0. The second-order valence-electron chi connectivity index (χ2n) is 6.11. The summed E-state index contributed by atoms with van der Waals surface area (Å²) in [5, 5.41) is 10.6. The standard InChI is InChI=1S/C22H18BrFO2/c23-14-17-11-10-16(13-21(17)25)22(26)19(12-15-6-2-1-3-7-15)18-8-4-5-9-20(18)24/h1-11,13,19,25H,12,14H2. The minimum Gasteiger partial charge on any atom is -0.508 e. The van der Waals surface area contributed by atoms with Gasteiger partial charge in [0.05, 0.1) is 5.92 Å². The van der Waals surface area contributed by atoms with Crippen LogP contribution >= 0.6 is 15.9 Å². The molecule has 1 unspecified atom stereocenters. The largest absolute Gasteiger partial charge is 0.508 e. The summed E-state index contributed by atoms with van der Waals surface area (Å²) >= 11 is 3.29. The smallest absolute Gasteiger partial charge is 0.170 e. The highest BCUT2D eigenvalue weighted by atomic mass is 79.9. The molecule has 3 aromatic carbocycles. The first-order chi connectivity index (χ1) is 12.6. The number of hydrogen-bond acceptors (Lipinski definition) is 2. The first kappa shape index (κ1) is 18.3. The summed E-state index contributed by atoms with van der Waals surface area (Å²) in [4.78, 5) is 13.2. The third kappa shape index (κ3) is 4.02. The molecule has 0 radical (unpaired) electrons. The van der Waals surface area contributed by atoms with Crippen molar-refractivity contribution in [3.05, 3.63) is 101 Å². The van der Waals surface area contributed by atoms with Crippen LogP contribution in [-0.4, -0.2) is 10.9 Å². The summed E-state index contributed by atoms with van der Waals surface area (Å²) in [6.45, 7) is 0.